The number of aliphatic hydroxyl groups excluding tert-OH is 1. The Morgan fingerprint density at radius 2 is 2.36 bits per heavy atom. The van der Waals surface area contributed by atoms with E-state index in [-0.39, 0.29) is 5.91 Å². The first kappa shape index (κ1) is 11.5. The van der Waals surface area contributed by atoms with E-state index < -0.39 is 11.6 Å². The minimum atomic E-state index is -0.480. The number of hydrogen-bond donors (Lipinski definition) is 3. The normalized spacial score (nSPS) is 29.6. The van der Waals surface area contributed by atoms with Crippen LogP contribution in [0.4, 0.5) is 0 Å². The van der Waals surface area contributed by atoms with E-state index in [2.05, 4.69) is 10.6 Å². The van der Waals surface area contributed by atoms with Gasteiger partial charge in [-0.2, -0.15) is 0 Å². The van der Waals surface area contributed by atoms with Crippen LogP contribution in [0.5, 0.6) is 0 Å². The number of nitrogens with one attached hydrogen (secondary N) is 2. The van der Waals surface area contributed by atoms with Gasteiger partial charge in [0, 0.05) is 6.54 Å². The Balaban J connectivity index is 2.41. The van der Waals surface area contributed by atoms with Crippen LogP contribution in [0.3, 0.4) is 0 Å². The van der Waals surface area contributed by atoms with Crippen molar-refractivity contribution >= 4 is 5.91 Å². The van der Waals surface area contributed by atoms with Crippen molar-refractivity contribution in [2.75, 3.05) is 13.1 Å². The third-order valence-electron chi connectivity index (χ3n) is 2.68. The van der Waals surface area contributed by atoms with E-state index in [9.17, 15) is 4.79 Å². The summed E-state index contributed by atoms with van der Waals surface area (Å²) in [6, 6.07) is 0. The highest BCUT2D eigenvalue weighted by molar-refractivity contribution is 5.85. The van der Waals surface area contributed by atoms with Gasteiger partial charge in [0.2, 0.25) is 5.91 Å². The molecule has 1 heterocycles. The SMILES string of the molecule is CC(O)CNC(=O)C1(C)CCCCN1. The van der Waals surface area contributed by atoms with Crippen LogP contribution >= 0.6 is 0 Å². The summed E-state index contributed by atoms with van der Waals surface area (Å²) in [4.78, 5) is 11.7. The molecule has 1 saturated heterocycles. The molecular formula is C10H20N2O2. The molecule has 3 N–H and O–H groups in total. The maximum Gasteiger partial charge on any atom is 0.240 e. The quantitative estimate of drug-likeness (QED) is 0.601. The van der Waals surface area contributed by atoms with Crippen molar-refractivity contribution in [2.45, 2.75) is 44.8 Å². The summed E-state index contributed by atoms with van der Waals surface area (Å²) in [5.41, 5.74) is -0.437. The highest BCUT2D eigenvalue weighted by atomic mass is 16.3. The Labute approximate surface area is 85.1 Å². The zero-order valence-corrected chi connectivity index (χ0v) is 8.97. The molecule has 0 spiro atoms. The van der Waals surface area contributed by atoms with Crippen molar-refractivity contribution in [1.29, 1.82) is 0 Å². The number of carbonyl (C=O) groups is 1. The summed E-state index contributed by atoms with van der Waals surface area (Å²) < 4.78 is 0. The first-order valence-electron chi connectivity index (χ1n) is 5.26. The van der Waals surface area contributed by atoms with Crippen molar-refractivity contribution in [3.05, 3.63) is 0 Å². The second-order valence-corrected chi connectivity index (χ2v) is 4.28. The Hall–Kier alpha value is -0.610. The molecule has 4 heteroatoms. The second-order valence-electron chi connectivity index (χ2n) is 4.28. The summed E-state index contributed by atoms with van der Waals surface area (Å²) >= 11 is 0. The number of hydrogen-bond acceptors (Lipinski definition) is 3. The Kier molecular flexibility index (Phi) is 3.89. The minimum Gasteiger partial charge on any atom is -0.392 e. The van der Waals surface area contributed by atoms with Gasteiger partial charge in [-0.3, -0.25) is 4.79 Å². The van der Waals surface area contributed by atoms with Crippen molar-refractivity contribution in [2.24, 2.45) is 0 Å². The molecule has 4 nitrogen and oxygen atoms in total. The number of piperidine rings is 1. The molecule has 82 valence electrons. The van der Waals surface area contributed by atoms with Crippen LogP contribution in [0, 0.1) is 0 Å². The lowest BCUT2D eigenvalue weighted by atomic mass is 9.90. The first-order chi connectivity index (χ1) is 6.54. The average molecular weight is 200 g/mol. The van der Waals surface area contributed by atoms with Crippen LogP contribution < -0.4 is 10.6 Å². The molecule has 0 aliphatic carbocycles. The molecule has 0 bridgehead atoms. The summed E-state index contributed by atoms with van der Waals surface area (Å²) in [7, 11) is 0. The number of carbonyl (C=O) groups excluding carboxylic acids is 1. The fourth-order valence-electron chi connectivity index (χ4n) is 1.69. The monoisotopic (exact) mass is 200 g/mol. The van der Waals surface area contributed by atoms with Crippen LogP contribution in [0.1, 0.15) is 33.1 Å². The van der Waals surface area contributed by atoms with E-state index >= 15 is 0 Å². The number of rotatable bonds is 3. The minimum absolute atomic E-state index is 0.00176. The lowest BCUT2D eigenvalue weighted by Crippen LogP contribution is -2.57. The fraction of sp³-hybridized carbons (Fsp3) is 0.900. The van der Waals surface area contributed by atoms with Gasteiger partial charge in [-0.05, 0) is 39.7 Å². The van der Waals surface area contributed by atoms with E-state index in [4.69, 9.17) is 5.11 Å². The van der Waals surface area contributed by atoms with E-state index in [0.717, 1.165) is 25.8 Å². The van der Waals surface area contributed by atoms with E-state index in [0.29, 0.717) is 6.54 Å². The van der Waals surface area contributed by atoms with Crippen molar-refractivity contribution in [3.63, 3.8) is 0 Å². The number of amides is 1. The van der Waals surface area contributed by atoms with Gasteiger partial charge in [-0.15, -0.1) is 0 Å². The maximum absolute atomic E-state index is 11.7. The topological polar surface area (TPSA) is 61.4 Å². The third-order valence-corrected chi connectivity index (χ3v) is 2.68. The van der Waals surface area contributed by atoms with Gasteiger partial charge in [0.15, 0.2) is 0 Å². The van der Waals surface area contributed by atoms with E-state index in [1.165, 1.54) is 0 Å². The first-order valence-corrected chi connectivity index (χ1v) is 5.26. The Morgan fingerprint density at radius 1 is 1.64 bits per heavy atom. The fourth-order valence-corrected chi connectivity index (χ4v) is 1.69. The standard InChI is InChI=1S/C10H20N2O2/c1-8(13)7-11-9(14)10(2)5-3-4-6-12-10/h8,12-13H,3-7H2,1-2H3,(H,11,14). The third kappa shape index (κ3) is 2.96. The zero-order chi connectivity index (χ0) is 10.6. The molecule has 1 aliphatic heterocycles. The van der Waals surface area contributed by atoms with Gasteiger partial charge in [0.05, 0.1) is 11.6 Å². The summed E-state index contributed by atoms with van der Waals surface area (Å²) in [6.07, 6.45) is 2.62. The van der Waals surface area contributed by atoms with Gasteiger partial charge in [-0.1, -0.05) is 0 Å². The molecule has 0 aromatic rings. The highest BCUT2D eigenvalue weighted by Crippen LogP contribution is 2.18. The largest absolute Gasteiger partial charge is 0.392 e. The predicted molar refractivity (Wildman–Crippen MR) is 54.9 cm³/mol. The van der Waals surface area contributed by atoms with Crippen molar-refractivity contribution < 1.29 is 9.90 Å². The Morgan fingerprint density at radius 3 is 2.86 bits per heavy atom. The molecule has 2 unspecified atom stereocenters. The lowest BCUT2D eigenvalue weighted by molar-refractivity contribution is -0.128. The van der Waals surface area contributed by atoms with E-state index in [1.807, 2.05) is 6.92 Å². The molecule has 0 aromatic carbocycles. The van der Waals surface area contributed by atoms with Gasteiger partial charge in [0.25, 0.3) is 0 Å². The molecule has 1 amide bonds. The van der Waals surface area contributed by atoms with Gasteiger partial charge in [0.1, 0.15) is 0 Å². The van der Waals surface area contributed by atoms with Gasteiger partial charge < -0.3 is 15.7 Å². The average Bonchev–Trinajstić information content (AvgIpc) is 2.15. The van der Waals surface area contributed by atoms with E-state index in [1.54, 1.807) is 6.92 Å². The molecule has 1 fully saturated rings. The van der Waals surface area contributed by atoms with Crippen LogP contribution in [0.25, 0.3) is 0 Å². The highest BCUT2D eigenvalue weighted by Gasteiger charge is 2.33. The molecule has 1 aliphatic rings. The van der Waals surface area contributed by atoms with Crippen molar-refractivity contribution in [3.8, 4) is 0 Å². The Bertz CT molecular complexity index is 198. The smallest absolute Gasteiger partial charge is 0.240 e. The van der Waals surface area contributed by atoms with Crippen molar-refractivity contribution in [1.82, 2.24) is 10.6 Å². The van der Waals surface area contributed by atoms with Crippen LogP contribution in [-0.4, -0.2) is 35.7 Å². The predicted octanol–water partition coefficient (Wildman–Crippen LogP) is 0.0156. The van der Waals surface area contributed by atoms with Gasteiger partial charge in [-0.25, -0.2) is 0 Å². The summed E-state index contributed by atoms with van der Waals surface area (Å²) in [5, 5.41) is 15.0. The van der Waals surface area contributed by atoms with Crippen LogP contribution in [0.15, 0.2) is 0 Å². The molecule has 1 rings (SSSR count). The molecule has 0 saturated carbocycles. The molecule has 14 heavy (non-hydrogen) atoms. The van der Waals surface area contributed by atoms with Crippen LogP contribution in [-0.2, 0) is 4.79 Å². The number of aliphatic hydroxyl groups is 1. The second kappa shape index (κ2) is 4.75. The summed E-state index contributed by atoms with van der Waals surface area (Å²) in [5.74, 6) is -0.00176. The zero-order valence-electron chi connectivity index (χ0n) is 8.97. The van der Waals surface area contributed by atoms with Crippen LogP contribution in [0.2, 0.25) is 0 Å². The molecule has 0 radical (unpaired) electrons. The molecule has 0 aromatic heterocycles. The van der Waals surface area contributed by atoms with Gasteiger partial charge >= 0.3 is 0 Å². The lowest BCUT2D eigenvalue weighted by Gasteiger charge is -2.33. The maximum atomic E-state index is 11.7. The molecule has 2 atom stereocenters. The summed E-state index contributed by atoms with van der Waals surface area (Å²) in [6.45, 7) is 4.81. The molecular weight excluding hydrogens is 180 g/mol.